The highest BCUT2D eigenvalue weighted by atomic mass is 79.9. The second kappa shape index (κ2) is 6.77. The van der Waals surface area contributed by atoms with Crippen molar-refractivity contribution in [2.45, 2.75) is 63.8 Å². The van der Waals surface area contributed by atoms with Gasteiger partial charge in [0.2, 0.25) is 10.0 Å². The van der Waals surface area contributed by atoms with Gasteiger partial charge in [-0.2, -0.15) is 0 Å². The van der Waals surface area contributed by atoms with Crippen molar-refractivity contribution < 1.29 is 8.42 Å². The zero-order chi connectivity index (χ0) is 18.5. The highest BCUT2D eigenvalue weighted by Gasteiger charge is 2.28. The number of hydrogen-bond acceptors (Lipinski definition) is 3. The molecule has 1 atom stereocenters. The summed E-state index contributed by atoms with van der Waals surface area (Å²) < 4.78 is 30.4. The average Bonchev–Trinajstić information content (AvgIpc) is 3.12. The Balaban J connectivity index is 1.62. The molecule has 7 heteroatoms. The molecule has 1 aromatic heterocycles. The molecule has 0 amide bonds. The second-order valence-corrected chi connectivity index (χ2v) is 10.6. The Bertz CT molecular complexity index is 950. The zero-order valence-electron chi connectivity index (χ0n) is 15.1. The molecule has 1 aromatic carbocycles. The molecule has 2 aromatic rings. The van der Waals surface area contributed by atoms with E-state index in [4.69, 9.17) is 4.98 Å². The summed E-state index contributed by atoms with van der Waals surface area (Å²) in [7, 11) is -3.24. The topological polar surface area (TPSA) is 64.0 Å². The molecular weight excluding hydrogens is 414 g/mol. The number of hydrogen-bond donors (Lipinski definition) is 1. The molecule has 0 saturated heterocycles. The summed E-state index contributed by atoms with van der Waals surface area (Å²) in [4.78, 5) is 4.69. The molecule has 0 fully saturated rings. The van der Waals surface area contributed by atoms with Crippen molar-refractivity contribution in [3.8, 4) is 11.3 Å². The molecule has 0 spiro atoms. The summed E-state index contributed by atoms with van der Waals surface area (Å²) in [6.45, 7) is 4.43. The van der Waals surface area contributed by atoms with Gasteiger partial charge in [0.05, 0.1) is 10.9 Å². The van der Waals surface area contributed by atoms with E-state index in [9.17, 15) is 8.42 Å². The third-order valence-corrected chi connectivity index (χ3v) is 7.86. The van der Waals surface area contributed by atoms with Crippen LogP contribution in [0, 0.1) is 0 Å². The van der Waals surface area contributed by atoms with E-state index in [0.717, 1.165) is 47.5 Å². The van der Waals surface area contributed by atoms with Gasteiger partial charge in [-0.15, -0.1) is 0 Å². The Hall–Kier alpha value is -1.18. The normalized spacial score (nSPS) is 19.6. The molecule has 4 rings (SSSR count). The van der Waals surface area contributed by atoms with Crippen molar-refractivity contribution in [1.29, 1.82) is 0 Å². The Kier molecular flexibility index (Phi) is 4.73. The fourth-order valence-corrected chi connectivity index (χ4v) is 5.50. The number of rotatable bonds is 4. The van der Waals surface area contributed by atoms with E-state index in [0.29, 0.717) is 0 Å². The maximum atomic E-state index is 12.2. The lowest BCUT2D eigenvalue weighted by Gasteiger charge is -2.17. The zero-order valence-corrected chi connectivity index (χ0v) is 17.5. The van der Waals surface area contributed by atoms with Crippen molar-refractivity contribution in [3.63, 3.8) is 0 Å². The van der Waals surface area contributed by atoms with Crippen LogP contribution in [0.15, 0.2) is 22.8 Å². The molecular formula is C19H24BrN3O2S. The summed E-state index contributed by atoms with van der Waals surface area (Å²) >= 11 is 3.64. The lowest BCUT2D eigenvalue weighted by atomic mass is 10.0. The van der Waals surface area contributed by atoms with E-state index in [-0.39, 0.29) is 6.04 Å². The van der Waals surface area contributed by atoms with Crippen LogP contribution in [-0.4, -0.2) is 29.3 Å². The highest BCUT2D eigenvalue weighted by molar-refractivity contribution is 9.10. The van der Waals surface area contributed by atoms with Gasteiger partial charge in [-0.3, -0.25) is 0 Å². The van der Waals surface area contributed by atoms with E-state index in [1.165, 1.54) is 24.0 Å². The van der Waals surface area contributed by atoms with Crippen LogP contribution in [0.25, 0.3) is 11.3 Å². The third kappa shape index (κ3) is 3.25. The molecule has 1 aliphatic heterocycles. The predicted octanol–water partition coefficient (Wildman–Crippen LogP) is 3.44. The Morgan fingerprint density at radius 2 is 2.00 bits per heavy atom. The lowest BCUT2D eigenvalue weighted by Crippen LogP contribution is -2.39. The van der Waals surface area contributed by atoms with Crippen molar-refractivity contribution in [1.82, 2.24) is 14.3 Å². The minimum absolute atomic E-state index is 0.0459. The smallest absolute Gasteiger partial charge is 0.214 e. The lowest BCUT2D eigenvalue weighted by molar-refractivity contribution is 0.526. The fraction of sp³-hybridized carbons (Fsp3) is 0.526. The van der Waals surface area contributed by atoms with Crippen LogP contribution >= 0.6 is 15.9 Å². The van der Waals surface area contributed by atoms with Crippen LogP contribution in [-0.2, 0) is 35.8 Å². The van der Waals surface area contributed by atoms with Crippen LogP contribution in [0.5, 0.6) is 0 Å². The first-order chi connectivity index (χ1) is 12.3. The summed E-state index contributed by atoms with van der Waals surface area (Å²) in [5, 5.41) is -0.406. The summed E-state index contributed by atoms with van der Waals surface area (Å²) in [6, 6.07) is 6.45. The van der Waals surface area contributed by atoms with Crippen LogP contribution < -0.4 is 4.72 Å². The number of imidazole rings is 1. The van der Waals surface area contributed by atoms with Gasteiger partial charge in [-0.25, -0.2) is 18.1 Å². The van der Waals surface area contributed by atoms with E-state index in [2.05, 4.69) is 43.4 Å². The van der Waals surface area contributed by atoms with Gasteiger partial charge >= 0.3 is 0 Å². The van der Waals surface area contributed by atoms with Crippen molar-refractivity contribution in [2.75, 3.05) is 0 Å². The Labute approximate surface area is 163 Å². The van der Waals surface area contributed by atoms with Crippen LogP contribution in [0.4, 0.5) is 0 Å². The molecule has 26 heavy (non-hydrogen) atoms. The number of benzene rings is 1. The number of fused-ring (bicyclic) bond motifs is 2. The quantitative estimate of drug-likeness (QED) is 0.796. The molecule has 2 heterocycles. The second-order valence-electron chi connectivity index (χ2n) is 7.58. The first kappa shape index (κ1) is 18.2. The number of sulfonamides is 1. The number of aromatic nitrogens is 2. The molecule has 0 bridgehead atoms. The molecule has 1 N–H and O–H groups in total. The molecule has 140 valence electrons. The van der Waals surface area contributed by atoms with Crippen molar-refractivity contribution in [3.05, 3.63) is 39.8 Å². The standard InChI is InChI=1S/C19H24BrN3O2S/c1-12(2)26(24,25)22-16-10-13-6-7-14(9-15(13)11-16)18-19(20)21-17-5-3-4-8-23(17)18/h6-7,9,12,16,22H,3-5,8,10-11H2,1-2H3. The number of nitrogens with zero attached hydrogens (tertiary/aromatic N) is 2. The van der Waals surface area contributed by atoms with Gasteiger partial charge in [-0.05, 0) is 72.7 Å². The Morgan fingerprint density at radius 3 is 2.77 bits per heavy atom. The van der Waals surface area contributed by atoms with Gasteiger partial charge in [0.1, 0.15) is 10.4 Å². The van der Waals surface area contributed by atoms with Crippen LogP contribution in [0.1, 0.15) is 43.6 Å². The number of nitrogens with one attached hydrogen (secondary N) is 1. The maximum absolute atomic E-state index is 12.2. The van der Waals surface area contributed by atoms with Gasteiger partial charge < -0.3 is 4.57 Å². The van der Waals surface area contributed by atoms with E-state index >= 15 is 0 Å². The van der Waals surface area contributed by atoms with Gasteiger partial charge in [0.25, 0.3) is 0 Å². The molecule has 0 radical (unpaired) electrons. The number of aryl methyl sites for hydroxylation is 1. The average molecular weight is 438 g/mol. The largest absolute Gasteiger partial charge is 0.327 e. The van der Waals surface area contributed by atoms with Crippen molar-refractivity contribution >= 4 is 26.0 Å². The first-order valence-corrected chi connectivity index (χ1v) is 11.6. The monoisotopic (exact) mass is 437 g/mol. The first-order valence-electron chi connectivity index (χ1n) is 9.23. The highest BCUT2D eigenvalue weighted by Crippen LogP contribution is 2.35. The van der Waals surface area contributed by atoms with E-state index in [1.807, 2.05) is 0 Å². The molecule has 1 unspecified atom stereocenters. The third-order valence-electron chi connectivity index (χ3n) is 5.40. The minimum Gasteiger partial charge on any atom is -0.327 e. The maximum Gasteiger partial charge on any atom is 0.214 e. The minimum atomic E-state index is -3.24. The fourth-order valence-electron chi connectivity index (χ4n) is 3.94. The van der Waals surface area contributed by atoms with Gasteiger partial charge in [0, 0.05) is 24.6 Å². The van der Waals surface area contributed by atoms with Gasteiger partial charge in [0.15, 0.2) is 0 Å². The number of halogens is 1. The summed E-state index contributed by atoms with van der Waals surface area (Å²) in [5.74, 6) is 1.15. The predicted molar refractivity (Wildman–Crippen MR) is 107 cm³/mol. The molecule has 5 nitrogen and oxygen atoms in total. The van der Waals surface area contributed by atoms with Crippen molar-refractivity contribution in [2.24, 2.45) is 0 Å². The van der Waals surface area contributed by atoms with E-state index < -0.39 is 15.3 Å². The molecule has 0 saturated carbocycles. The van der Waals surface area contributed by atoms with Gasteiger partial charge in [-0.1, -0.05) is 12.1 Å². The Morgan fingerprint density at radius 1 is 1.23 bits per heavy atom. The SMILES string of the molecule is CC(C)S(=O)(=O)NC1Cc2ccc(-c3c(Br)nc4n3CCCC4)cc2C1. The van der Waals surface area contributed by atoms with Crippen LogP contribution in [0.2, 0.25) is 0 Å². The van der Waals surface area contributed by atoms with Crippen LogP contribution in [0.3, 0.4) is 0 Å². The summed E-state index contributed by atoms with van der Waals surface area (Å²) in [5.41, 5.74) is 4.77. The molecule has 1 aliphatic carbocycles. The van der Waals surface area contributed by atoms with E-state index in [1.54, 1.807) is 13.8 Å². The summed E-state index contributed by atoms with van der Waals surface area (Å²) in [6.07, 6.45) is 4.92. The molecule has 2 aliphatic rings.